The predicted molar refractivity (Wildman–Crippen MR) is 88.9 cm³/mol. The molecule has 0 amide bonds. The lowest BCUT2D eigenvalue weighted by molar-refractivity contribution is 0.0756. The third kappa shape index (κ3) is 12.9. The Balaban J connectivity index is 3.83. The first-order valence-electron chi connectivity index (χ1n) is 6.33. The van der Waals surface area contributed by atoms with Crippen molar-refractivity contribution in [1.29, 1.82) is 0 Å². The minimum Gasteiger partial charge on any atom is -0.376 e. The average molecular weight is 372 g/mol. The minimum absolute atomic E-state index is 0.158. The SMILES string of the molecule is ClCCO[C@H](CCCl)CSC[C@H](CCCl)OCCCl. The fourth-order valence-electron chi connectivity index (χ4n) is 1.43. The van der Waals surface area contributed by atoms with E-state index < -0.39 is 0 Å². The predicted octanol–water partition coefficient (Wildman–Crippen LogP) is 4.23. The molecular weight excluding hydrogens is 350 g/mol. The summed E-state index contributed by atoms with van der Waals surface area (Å²) in [5.74, 6) is 4.01. The molecule has 2 nitrogen and oxygen atoms in total. The Bertz CT molecular complexity index is 171. The molecule has 0 aromatic rings. The zero-order valence-electron chi connectivity index (χ0n) is 11.0. The highest BCUT2D eigenvalue weighted by atomic mass is 35.5. The quantitative estimate of drug-likeness (QED) is 0.426. The largest absolute Gasteiger partial charge is 0.376 e. The highest BCUT2D eigenvalue weighted by molar-refractivity contribution is 7.99. The number of rotatable bonds is 14. The Kier molecular flexibility index (Phi) is 17.0. The molecule has 0 heterocycles. The highest BCUT2D eigenvalue weighted by Gasteiger charge is 2.12. The topological polar surface area (TPSA) is 18.5 Å². The van der Waals surface area contributed by atoms with Crippen LogP contribution in [0.15, 0.2) is 0 Å². The summed E-state index contributed by atoms with van der Waals surface area (Å²) in [6, 6.07) is 0. The second-order valence-corrected chi connectivity index (χ2v) is 6.44. The Labute approximate surface area is 140 Å². The lowest BCUT2D eigenvalue weighted by Gasteiger charge is -2.19. The standard InChI is InChI=1S/C12H22Cl4O2S/c13-3-1-11(17-7-5-15)9-19-10-12(2-4-14)18-8-6-16/h11-12H,1-10H2/t11-,12+. The zero-order valence-corrected chi connectivity index (χ0v) is 14.8. The molecule has 0 aliphatic heterocycles. The van der Waals surface area contributed by atoms with Crippen molar-refractivity contribution in [1.82, 2.24) is 0 Å². The summed E-state index contributed by atoms with van der Waals surface area (Å²) >= 11 is 24.5. The summed E-state index contributed by atoms with van der Waals surface area (Å²) in [7, 11) is 0. The number of ether oxygens (including phenoxy) is 2. The number of hydrogen-bond acceptors (Lipinski definition) is 3. The molecule has 116 valence electrons. The number of hydrogen-bond donors (Lipinski definition) is 0. The third-order valence-electron chi connectivity index (χ3n) is 2.33. The molecule has 0 rings (SSSR count). The van der Waals surface area contributed by atoms with Crippen LogP contribution in [0.2, 0.25) is 0 Å². The second kappa shape index (κ2) is 15.8. The number of halogens is 4. The maximum Gasteiger partial charge on any atom is 0.0677 e. The van der Waals surface area contributed by atoms with Gasteiger partial charge >= 0.3 is 0 Å². The summed E-state index contributed by atoms with van der Waals surface area (Å²) in [6.45, 7) is 1.13. The Hall–Kier alpha value is 1.43. The molecule has 0 aromatic carbocycles. The Morgan fingerprint density at radius 1 is 0.684 bits per heavy atom. The van der Waals surface area contributed by atoms with Crippen molar-refractivity contribution in [2.75, 3.05) is 48.2 Å². The number of alkyl halides is 4. The van der Waals surface area contributed by atoms with E-state index in [0.29, 0.717) is 36.7 Å². The van der Waals surface area contributed by atoms with Gasteiger partial charge in [-0.3, -0.25) is 0 Å². The van der Waals surface area contributed by atoms with Gasteiger partial charge < -0.3 is 9.47 Å². The monoisotopic (exact) mass is 370 g/mol. The summed E-state index contributed by atoms with van der Waals surface area (Å²) < 4.78 is 11.3. The van der Waals surface area contributed by atoms with Crippen molar-refractivity contribution in [2.24, 2.45) is 0 Å². The van der Waals surface area contributed by atoms with Gasteiger partial charge in [-0.15, -0.1) is 46.4 Å². The van der Waals surface area contributed by atoms with E-state index in [9.17, 15) is 0 Å². The maximum atomic E-state index is 5.76. The molecule has 7 heteroatoms. The van der Waals surface area contributed by atoms with Crippen LogP contribution in [0.1, 0.15) is 12.8 Å². The zero-order chi connectivity index (χ0) is 14.3. The van der Waals surface area contributed by atoms with Crippen molar-refractivity contribution in [2.45, 2.75) is 25.0 Å². The lowest BCUT2D eigenvalue weighted by Crippen LogP contribution is -2.22. The van der Waals surface area contributed by atoms with Crippen LogP contribution in [-0.2, 0) is 9.47 Å². The molecule has 0 unspecified atom stereocenters. The van der Waals surface area contributed by atoms with Gasteiger partial charge in [0.2, 0.25) is 0 Å². The summed E-state index contributed by atoms with van der Waals surface area (Å²) in [5, 5.41) is 0. The van der Waals surface area contributed by atoms with Crippen LogP contribution in [-0.4, -0.2) is 60.4 Å². The second-order valence-electron chi connectivity index (χ2n) is 3.86. The Morgan fingerprint density at radius 3 is 1.42 bits per heavy atom. The summed E-state index contributed by atoms with van der Waals surface area (Å²) in [4.78, 5) is 0. The van der Waals surface area contributed by atoms with Crippen LogP contribution in [0.4, 0.5) is 0 Å². The molecule has 0 N–H and O–H groups in total. The summed E-state index contributed by atoms with van der Waals surface area (Å²) in [5.41, 5.74) is 0. The molecule has 0 bridgehead atoms. The van der Waals surface area contributed by atoms with Crippen LogP contribution in [0.25, 0.3) is 0 Å². The number of thioether (sulfide) groups is 1. The van der Waals surface area contributed by atoms with E-state index in [1.54, 1.807) is 11.8 Å². The van der Waals surface area contributed by atoms with Crippen LogP contribution >= 0.6 is 58.2 Å². The molecule has 0 saturated heterocycles. The van der Waals surface area contributed by atoms with E-state index in [0.717, 1.165) is 24.3 Å². The van der Waals surface area contributed by atoms with Gasteiger partial charge in [0, 0.05) is 35.0 Å². The van der Waals surface area contributed by atoms with Crippen LogP contribution in [0.5, 0.6) is 0 Å². The van der Waals surface area contributed by atoms with Crippen molar-refractivity contribution >= 4 is 58.2 Å². The molecule has 0 aliphatic carbocycles. The normalized spacial score (nSPS) is 14.5. The minimum atomic E-state index is 0.158. The first-order valence-corrected chi connectivity index (χ1v) is 9.62. The van der Waals surface area contributed by atoms with Crippen LogP contribution in [0, 0.1) is 0 Å². The highest BCUT2D eigenvalue weighted by Crippen LogP contribution is 2.15. The van der Waals surface area contributed by atoms with Crippen molar-refractivity contribution in [3.05, 3.63) is 0 Å². The van der Waals surface area contributed by atoms with Gasteiger partial charge in [0.05, 0.1) is 25.4 Å². The molecule has 0 fully saturated rings. The van der Waals surface area contributed by atoms with E-state index in [4.69, 9.17) is 55.9 Å². The molecule has 0 aliphatic rings. The average Bonchev–Trinajstić information content (AvgIpc) is 2.42. The first-order chi connectivity index (χ1) is 9.28. The van der Waals surface area contributed by atoms with E-state index in [2.05, 4.69) is 0 Å². The molecule has 0 radical (unpaired) electrons. The van der Waals surface area contributed by atoms with E-state index in [1.807, 2.05) is 0 Å². The molecule has 2 atom stereocenters. The summed E-state index contributed by atoms with van der Waals surface area (Å²) in [6.07, 6.45) is 2.00. The molecule has 19 heavy (non-hydrogen) atoms. The Morgan fingerprint density at radius 2 is 1.11 bits per heavy atom. The molecular formula is C12H22Cl4O2S. The van der Waals surface area contributed by atoms with Gasteiger partial charge in [-0.25, -0.2) is 0 Å². The van der Waals surface area contributed by atoms with Crippen molar-refractivity contribution < 1.29 is 9.47 Å². The lowest BCUT2D eigenvalue weighted by atomic mass is 10.3. The van der Waals surface area contributed by atoms with Gasteiger partial charge in [0.1, 0.15) is 0 Å². The first kappa shape index (κ1) is 20.4. The van der Waals surface area contributed by atoms with Gasteiger partial charge in [-0.1, -0.05) is 0 Å². The smallest absolute Gasteiger partial charge is 0.0677 e. The van der Waals surface area contributed by atoms with Gasteiger partial charge in [0.25, 0.3) is 0 Å². The van der Waals surface area contributed by atoms with Crippen LogP contribution < -0.4 is 0 Å². The third-order valence-corrected chi connectivity index (χ3v) is 4.29. The maximum absolute atomic E-state index is 5.76. The molecule has 0 aromatic heterocycles. The molecule has 0 spiro atoms. The van der Waals surface area contributed by atoms with Crippen LogP contribution in [0.3, 0.4) is 0 Å². The van der Waals surface area contributed by atoms with E-state index in [1.165, 1.54) is 0 Å². The van der Waals surface area contributed by atoms with Gasteiger partial charge in [-0.2, -0.15) is 11.8 Å². The van der Waals surface area contributed by atoms with E-state index >= 15 is 0 Å². The molecule has 0 saturated carbocycles. The van der Waals surface area contributed by atoms with E-state index in [-0.39, 0.29) is 12.2 Å². The fourth-order valence-corrected chi connectivity index (χ4v) is 3.28. The van der Waals surface area contributed by atoms with Gasteiger partial charge in [-0.05, 0) is 12.8 Å². The fraction of sp³-hybridized carbons (Fsp3) is 1.00. The van der Waals surface area contributed by atoms with Gasteiger partial charge in [0.15, 0.2) is 0 Å². The van der Waals surface area contributed by atoms with Crippen molar-refractivity contribution in [3.8, 4) is 0 Å². The van der Waals surface area contributed by atoms with Crippen molar-refractivity contribution in [3.63, 3.8) is 0 Å².